The average molecular weight is 591 g/mol. The number of thiocarbonyl (C=S) groups is 1. The van der Waals surface area contributed by atoms with Gasteiger partial charge in [0.25, 0.3) is 5.91 Å². The average Bonchev–Trinajstić information content (AvgIpc) is 3.50. The Bertz CT molecular complexity index is 1700. The Morgan fingerprint density at radius 3 is 2.51 bits per heavy atom. The zero-order chi connectivity index (χ0) is 26.3. The van der Waals surface area contributed by atoms with Gasteiger partial charge < -0.3 is 14.2 Å². The number of carbonyl (C=O) groups is 1. The molecule has 2 aromatic heterocycles. The van der Waals surface area contributed by atoms with Crippen LogP contribution in [0.2, 0.25) is 20.1 Å². The molecule has 0 spiro atoms. The summed E-state index contributed by atoms with van der Waals surface area (Å²) >= 11 is 29.7. The molecule has 37 heavy (non-hydrogen) atoms. The summed E-state index contributed by atoms with van der Waals surface area (Å²) in [5, 5.41) is 7.39. The first-order valence-corrected chi connectivity index (χ1v) is 12.6. The summed E-state index contributed by atoms with van der Waals surface area (Å²) in [7, 11) is 0. The highest BCUT2D eigenvalue weighted by Crippen LogP contribution is 2.35. The molecule has 0 radical (unpaired) electrons. The number of carbonyl (C=O) groups excluding carboxylic acids is 1. The fourth-order valence-corrected chi connectivity index (χ4v) is 4.68. The Balaban J connectivity index is 1.31. The normalized spacial score (nSPS) is 11.1. The van der Waals surface area contributed by atoms with Crippen molar-refractivity contribution in [2.24, 2.45) is 0 Å². The Morgan fingerprint density at radius 2 is 1.73 bits per heavy atom. The van der Waals surface area contributed by atoms with Gasteiger partial charge in [0.05, 0.1) is 15.1 Å². The quantitative estimate of drug-likeness (QED) is 0.204. The second-order valence-corrected chi connectivity index (χ2v) is 10.0. The number of halogens is 4. The SMILES string of the molecule is Cc1c(NC(=S)NC(=O)c2ccc(-c3ccc(Cl)c(Cl)c3)o2)cccc1-c1nc2cc(Cl)cc(Cl)c2o1. The summed E-state index contributed by atoms with van der Waals surface area (Å²) in [5.41, 5.74) is 3.86. The highest BCUT2D eigenvalue weighted by Gasteiger charge is 2.18. The maximum Gasteiger partial charge on any atom is 0.293 e. The fourth-order valence-electron chi connectivity index (χ4n) is 3.66. The summed E-state index contributed by atoms with van der Waals surface area (Å²) in [4.78, 5) is 17.2. The highest BCUT2D eigenvalue weighted by molar-refractivity contribution is 7.80. The van der Waals surface area contributed by atoms with Crippen molar-refractivity contribution in [2.45, 2.75) is 6.92 Å². The third-order valence-electron chi connectivity index (χ3n) is 5.48. The molecule has 2 N–H and O–H groups in total. The highest BCUT2D eigenvalue weighted by atomic mass is 35.5. The number of nitrogens with zero attached hydrogens (tertiary/aromatic N) is 1. The van der Waals surface area contributed by atoms with E-state index in [9.17, 15) is 4.79 Å². The molecule has 11 heteroatoms. The van der Waals surface area contributed by atoms with Crippen LogP contribution in [0.5, 0.6) is 0 Å². The van der Waals surface area contributed by atoms with Gasteiger partial charge in [-0.3, -0.25) is 10.1 Å². The molecule has 0 atom stereocenters. The van der Waals surface area contributed by atoms with Crippen LogP contribution in [-0.4, -0.2) is 16.0 Å². The first-order valence-electron chi connectivity index (χ1n) is 10.7. The van der Waals surface area contributed by atoms with Crippen LogP contribution in [-0.2, 0) is 0 Å². The number of hydrogen-bond acceptors (Lipinski definition) is 5. The second-order valence-electron chi connectivity index (χ2n) is 7.93. The number of aromatic nitrogens is 1. The van der Waals surface area contributed by atoms with Crippen LogP contribution in [0.15, 0.2) is 69.5 Å². The van der Waals surface area contributed by atoms with Crippen LogP contribution in [0.25, 0.3) is 33.9 Å². The van der Waals surface area contributed by atoms with Crippen molar-refractivity contribution in [3.63, 3.8) is 0 Å². The number of benzene rings is 3. The Kier molecular flexibility index (Phi) is 7.16. The molecule has 0 unspecified atom stereocenters. The van der Waals surface area contributed by atoms with Gasteiger partial charge in [-0.1, -0.05) is 52.5 Å². The molecular formula is C26H15Cl4N3O3S. The molecule has 0 aliphatic carbocycles. The topological polar surface area (TPSA) is 80.3 Å². The van der Waals surface area contributed by atoms with Crippen molar-refractivity contribution >= 4 is 86.4 Å². The Labute approximate surface area is 236 Å². The van der Waals surface area contributed by atoms with Crippen molar-refractivity contribution < 1.29 is 13.6 Å². The largest absolute Gasteiger partial charge is 0.451 e. The van der Waals surface area contributed by atoms with Crippen molar-refractivity contribution in [3.8, 4) is 22.8 Å². The van der Waals surface area contributed by atoms with E-state index < -0.39 is 5.91 Å². The van der Waals surface area contributed by atoms with Gasteiger partial charge in [0.1, 0.15) is 11.3 Å². The number of nitrogens with one attached hydrogen (secondary N) is 2. The predicted octanol–water partition coefficient (Wildman–Crippen LogP) is 8.80. The van der Waals surface area contributed by atoms with Gasteiger partial charge in [0.15, 0.2) is 16.5 Å². The van der Waals surface area contributed by atoms with E-state index in [0.29, 0.717) is 54.1 Å². The van der Waals surface area contributed by atoms with E-state index in [0.717, 1.165) is 11.1 Å². The molecule has 0 saturated heterocycles. The van der Waals surface area contributed by atoms with Crippen LogP contribution in [0.4, 0.5) is 5.69 Å². The van der Waals surface area contributed by atoms with E-state index in [1.165, 1.54) is 0 Å². The molecule has 2 heterocycles. The smallest absolute Gasteiger partial charge is 0.293 e. The van der Waals surface area contributed by atoms with Crippen LogP contribution in [0.3, 0.4) is 0 Å². The van der Waals surface area contributed by atoms with Crippen molar-refractivity contribution in [1.29, 1.82) is 0 Å². The minimum absolute atomic E-state index is 0.0812. The van der Waals surface area contributed by atoms with Crippen molar-refractivity contribution in [3.05, 3.63) is 92.1 Å². The summed E-state index contributed by atoms with van der Waals surface area (Å²) in [6, 6.07) is 17.0. The minimum Gasteiger partial charge on any atom is -0.451 e. The molecule has 5 aromatic rings. The fraction of sp³-hybridized carbons (Fsp3) is 0.0385. The molecule has 0 aliphatic rings. The van der Waals surface area contributed by atoms with Gasteiger partial charge >= 0.3 is 0 Å². The Morgan fingerprint density at radius 1 is 0.919 bits per heavy atom. The molecule has 5 rings (SSSR count). The molecule has 186 valence electrons. The van der Waals surface area contributed by atoms with E-state index in [1.807, 2.05) is 25.1 Å². The monoisotopic (exact) mass is 589 g/mol. The van der Waals surface area contributed by atoms with E-state index in [1.54, 1.807) is 42.5 Å². The number of hydrogen-bond donors (Lipinski definition) is 2. The van der Waals surface area contributed by atoms with E-state index in [2.05, 4.69) is 15.6 Å². The van der Waals surface area contributed by atoms with Gasteiger partial charge in [0, 0.05) is 21.8 Å². The molecule has 6 nitrogen and oxygen atoms in total. The standard InChI is InChI=1S/C26H15Cl4N3O3S/c1-12-15(25-31-20-11-14(27)10-18(30)23(20)36-25)3-2-4-19(12)32-26(37)33-24(34)22-8-7-21(35-22)13-5-6-16(28)17(29)9-13/h2-11H,1H3,(H2,32,33,34,37). The molecule has 0 bridgehead atoms. The molecule has 0 fully saturated rings. The first-order chi connectivity index (χ1) is 17.7. The molecule has 1 amide bonds. The van der Waals surface area contributed by atoms with Gasteiger partial charge in [-0.25, -0.2) is 4.98 Å². The summed E-state index contributed by atoms with van der Waals surface area (Å²) in [6.07, 6.45) is 0. The van der Waals surface area contributed by atoms with Gasteiger partial charge in [0.2, 0.25) is 5.89 Å². The molecular weight excluding hydrogens is 576 g/mol. The first kappa shape index (κ1) is 25.6. The van der Waals surface area contributed by atoms with Crippen LogP contribution in [0.1, 0.15) is 16.1 Å². The summed E-state index contributed by atoms with van der Waals surface area (Å²) in [6.45, 7) is 1.88. The lowest BCUT2D eigenvalue weighted by molar-refractivity contribution is 0.0951. The van der Waals surface area contributed by atoms with Gasteiger partial charge in [-0.05, 0) is 79.3 Å². The van der Waals surface area contributed by atoms with E-state index >= 15 is 0 Å². The van der Waals surface area contributed by atoms with Gasteiger partial charge in [-0.2, -0.15) is 0 Å². The zero-order valence-electron chi connectivity index (χ0n) is 18.9. The van der Waals surface area contributed by atoms with E-state index in [-0.39, 0.29) is 10.9 Å². The number of furan rings is 1. The van der Waals surface area contributed by atoms with Crippen LogP contribution < -0.4 is 10.6 Å². The number of anilines is 1. The van der Waals surface area contributed by atoms with Crippen molar-refractivity contribution in [2.75, 3.05) is 5.32 Å². The summed E-state index contributed by atoms with van der Waals surface area (Å²) in [5.74, 6) is 0.410. The number of fused-ring (bicyclic) bond motifs is 1. The molecule has 0 aliphatic heterocycles. The predicted molar refractivity (Wildman–Crippen MR) is 152 cm³/mol. The van der Waals surface area contributed by atoms with Crippen molar-refractivity contribution in [1.82, 2.24) is 10.3 Å². The Hall–Kier alpha value is -3.07. The lowest BCUT2D eigenvalue weighted by atomic mass is 10.1. The summed E-state index contributed by atoms with van der Waals surface area (Å²) < 4.78 is 11.6. The number of rotatable bonds is 4. The lowest BCUT2D eigenvalue weighted by Crippen LogP contribution is -2.34. The van der Waals surface area contributed by atoms with Crippen LogP contribution >= 0.6 is 58.6 Å². The number of amides is 1. The third kappa shape index (κ3) is 5.32. The van der Waals surface area contributed by atoms with Crippen LogP contribution in [0, 0.1) is 6.92 Å². The maximum atomic E-state index is 12.7. The van der Waals surface area contributed by atoms with E-state index in [4.69, 9.17) is 67.5 Å². The second kappa shape index (κ2) is 10.4. The van der Waals surface area contributed by atoms with Gasteiger partial charge in [-0.15, -0.1) is 0 Å². The molecule has 0 saturated carbocycles. The molecule has 3 aromatic carbocycles. The number of oxazole rings is 1. The lowest BCUT2D eigenvalue weighted by Gasteiger charge is -2.13. The third-order valence-corrected chi connectivity index (χ3v) is 6.93. The minimum atomic E-state index is -0.511. The zero-order valence-corrected chi connectivity index (χ0v) is 22.7. The maximum absolute atomic E-state index is 12.7.